The van der Waals surface area contributed by atoms with Crippen LogP contribution in [-0.4, -0.2) is 65.8 Å². The summed E-state index contributed by atoms with van der Waals surface area (Å²) in [6.07, 6.45) is 0. The van der Waals surface area contributed by atoms with Crippen LogP contribution < -0.4 is 5.32 Å². The van der Waals surface area contributed by atoms with Crippen molar-refractivity contribution in [2.75, 3.05) is 27.2 Å². The summed E-state index contributed by atoms with van der Waals surface area (Å²) < 4.78 is 0. The lowest BCUT2D eigenvalue weighted by Crippen LogP contribution is -2.47. The van der Waals surface area contributed by atoms with Crippen LogP contribution in [0.1, 0.15) is 18.5 Å². The van der Waals surface area contributed by atoms with Crippen molar-refractivity contribution in [1.29, 1.82) is 5.26 Å². The molecule has 0 spiro atoms. The summed E-state index contributed by atoms with van der Waals surface area (Å²) in [6, 6.07) is 7.11. The minimum absolute atomic E-state index is 0.0689. The number of benzene rings is 1. The first-order valence-corrected chi connectivity index (χ1v) is 9.10. The minimum Gasteiger partial charge on any atom is -0.331 e. The van der Waals surface area contributed by atoms with E-state index >= 15 is 0 Å². The maximum absolute atomic E-state index is 13.2. The van der Waals surface area contributed by atoms with Crippen LogP contribution in [0.5, 0.6) is 0 Å². The molecule has 9 heteroatoms. The summed E-state index contributed by atoms with van der Waals surface area (Å²) in [7, 11) is 3.10. The van der Waals surface area contributed by atoms with E-state index in [4.69, 9.17) is 16.9 Å². The standard InChI is InChI=1S/C19H20ClN5O3/c1-11(17(26)23(2)9-8-21)25-10-14-15(18(25)27)16(22-19(28)24(14)3)12-6-4-5-7-13(12)20/h4-7,11,16H,9-10H2,1-3H3,(H,22,28). The van der Waals surface area contributed by atoms with Gasteiger partial charge in [-0.15, -0.1) is 0 Å². The number of carbonyl (C=O) groups is 3. The molecule has 2 aliphatic heterocycles. The molecule has 1 N–H and O–H groups in total. The van der Waals surface area contributed by atoms with E-state index in [0.717, 1.165) is 0 Å². The molecule has 1 aromatic rings. The van der Waals surface area contributed by atoms with Crippen LogP contribution in [0, 0.1) is 11.3 Å². The van der Waals surface area contributed by atoms with Crippen molar-refractivity contribution in [1.82, 2.24) is 20.0 Å². The number of hydrogen-bond donors (Lipinski definition) is 1. The Bertz CT molecular complexity index is 922. The molecular weight excluding hydrogens is 382 g/mol. The Balaban J connectivity index is 1.96. The van der Waals surface area contributed by atoms with E-state index in [2.05, 4.69) is 5.32 Å². The first-order valence-electron chi connectivity index (χ1n) is 8.72. The number of nitriles is 1. The first kappa shape index (κ1) is 19.7. The van der Waals surface area contributed by atoms with Crippen LogP contribution in [0.25, 0.3) is 0 Å². The second kappa shape index (κ2) is 7.52. The smallest absolute Gasteiger partial charge is 0.322 e. The predicted octanol–water partition coefficient (Wildman–Crippen LogP) is 1.50. The topological polar surface area (TPSA) is 96.7 Å². The number of nitrogens with zero attached hydrogens (tertiary/aromatic N) is 4. The molecule has 0 radical (unpaired) electrons. The highest BCUT2D eigenvalue weighted by atomic mass is 35.5. The maximum Gasteiger partial charge on any atom is 0.322 e. The number of nitrogens with one attached hydrogen (secondary N) is 1. The van der Waals surface area contributed by atoms with E-state index in [1.165, 1.54) is 21.7 Å². The highest BCUT2D eigenvalue weighted by molar-refractivity contribution is 6.31. The molecule has 0 fully saturated rings. The van der Waals surface area contributed by atoms with Crippen molar-refractivity contribution in [3.8, 4) is 6.07 Å². The van der Waals surface area contributed by atoms with Gasteiger partial charge in [0.25, 0.3) is 5.91 Å². The normalized spacial score (nSPS) is 19.9. The van der Waals surface area contributed by atoms with Crippen molar-refractivity contribution in [3.05, 3.63) is 46.1 Å². The van der Waals surface area contributed by atoms with Gasteiger partial charge in [0.2, 0.25) is 5.91 Å². The monoisotopic (exact) mass is 401 g/mol. The van der Waals surface area contributed by atoms with Crippen LogP contribution in [0.4, 0.5) is 4.79 Å². The van der Waals surface area contributed by atoms with Gasteiger partial charge in [-0.05, 0) is 18.6 Å². The number of carbonyl (C=O) groups excluding carboxylic acids is 3. The molecule has 2 unspecified atom stereocenters. The predicted molar refractivity (Wildman–Crippen MR) is 102 cm³/mol. The Morgan fingerprint density at radius 2 is 2.11 bits per heavy atom. The van der Waals surface area contributed by atoms with Crippen LogP contribution in [-0.2, 0) is 9.59 Å². The highest BCUT2D eigenvalue weighted by Crippen LogP contribution is 2.38. The average Bonchev–Trinajstić information content (AvgIpc) is 3.02. The van der Waals surface area contributed by atoms with Gasteiger partial charge in [0.1, 0.15) is 12.6 Å². The number of hydrogen-bond acceptors (Lipinski definition) is 4. The number of amides is 4. The fraction of sp³-hybridized carbons (Fsp3) is 0.368. The van der Waals surface area contributed by atoms with Gasteiger partial charge in [0.15, 0.2) is 0 Å². The summed E-state index contributed by atoms with van der Waals surface area (Å²) in [5.74, 6) is -0.677. The van der Waals surface area contributed by atoms with E-state index in [9.17, 15) is 14.4 Å². The summed E-state index contributed by atoms with van der Waals surface area (Å²) in [4.78, 5) is 42.3. The lowest BCUT2D eigenvalue weighted by atomic mass is 9.95. The second-order valence-electron chi connectivity index (χ2n) is 6.78. The number of likely N-dealkylation sites (N-methyl/N-ethyl adjacent to an activating group) is 2. The third-order valence-electron chi connectivity index (χ3n) is 5.11. The quantitative estimate of drug-likeness (QED) is 0.773. The largest absolute Gasteiger partial charge is 0.331 e. The van der Waals surface area contributed by atoms with E-state index in [1.807, 2.05) is 6.07 Å². The molecule has 28 heavy (non-hydrogen) atoms. The van der Waals surface area contributed by atoms with Gasteiger partial charge in [0.05, 0.1) is 29.9 Å². The van der Waals surface area contributed by atoms with Crippen LogP contribution in [0.15, 0.2) is 35.5 Å². The summed E-state index contributed by atoms with van der Waals surface area (Å²) in [6.45, 7) is 1.68. The van der Waals surface area contributed by atoms with Gasteiger partial charge in [-0.1, -0.05) is 29.8 Å². The van der Waals surface area contributed by atoms with Crippen molar-refractivity contribution >= 4 is 29.4 Å². The zero-order chi connectivity index (χ0) is 20.6. The van der Waals surface area contributed by atoms with Crippen molar-refractivity contribution in [2.45, 2.75) is 19.0 Å². The lowest BCUT2D eigenvalue weighted by molar-refractivity contribution is -0.140. The molecule has 0 aromatic heterocycles. The van der Waals surface area contributed by atoms with Gasteiger partial charge in [-0.3, -0.25) is 14.5 Å². The Kier molecular flexibility index (Phi) is 5.29. The summed E-state index contributed by atoms with van der Waals surface area (Å²) in [5.41, 5.74) is 1.56. The van der Waals surface area contributed by atoms with Crippen LogP contribution >= 0.6 is 11.6 Å². The van der Waals surface area contributed by atoms with Crippen molar-refractivity contribution in [3.63, 3.8) is 0 Å². The Morgan fingerprint density at radius 3 is 2.75 bits per heavy atom. The van der Waals surface area contributed by atoms with Gasteiger partial charge < -0.3 is 15.1 Å². The number of urea groups is 1. The fourth-order valence-electron chi connectivity index (χ4n) is 3.48. The lowest BCUT2D eigenvalue weighted by Gasteiger charge is -2.31. The molecule has 146 valence electrons. The van der Waals surface area contributed by atoms with Crippen LogP contribution in [0.3, 0.4) is 0 Å². The zero-order valence-electron chi connectivity index (χ0n) is 15.8. The Hall–Kier alpha value is -3.05. The van der Waals surface area contributed by atoms with Gasteiger partial charge in [-0.25, -0.2) is 4.79 Å². The second-order valence-corrected chi connectivity index (χ2v) is 7.19. The number of rotatable bonds is 4. The average molecular weight is 402 g/mol. The summed E-state index contributed by atoms with van der Waals surface area (Å²) in [5, 5.41) is 12.1. The highest BCUT2D eigenvalue weighted by Gasteiger charge is 2.45. The van der Waals surface area contributed by atoms with E-state index in [1.54, 1.807) is 38.2 Å². The molecule has 0 saturated carbocycles. The molecule has 3 rings (SSSR count). The Morgan fingerprint density at radius 1 is 1.43 bits per heavy atom. The van der Waals surface area contributed by atoms with Gasteiger partial charge in [-0.2, -0.15) is 5.26 Å². The van der Waals surface area contributed by atoms with E-state index in [-0.39, 0.29) is 30.9 Å². The van der Waals surface area contributed by atoms with Gasteiger partial charge >= 0.3 is 6.03 Å². The first-order chi connectivity index (χ1) is 13.3. The van der Waals surface area contributed by atoms with Crippen molar-refractivity contribution < 1.29 is 14.4 Å². The number of halogens is 1. The minimum atomic E-state index is -0.771. The third kappa shape index (κ3) is 3.18. The van der Waals surface area contributed by atoms with E-state index < -0.39 is 12.1 Å². The molecule has 2 heterocycles. The van der Waals surface area contributed by atoms with Crippen molar-refractivity contribution in [2.24, 2.45) is 0 Å². The fourth-order valence-corrected chi connectivity index (χ4v) is 3.72. The molecule has 4 amide bonds. The van der Waals surface area contributed by atoms with Crippen LogP contribution in [0.2, 0.25) is 5.02 Å². The zero-order valence-corrected chi connectivity index (χ0v) is 16.5. The van der Waals surface area contributed by atoms with Gasteiger partial charge in [0, 0.05) is 19.1 Å². The maximum atomic E-state index is 13.2. The molecule has 0 aliphatic carbocycles. The Labute approximate surface area is 167 Å². The molecule has 0 saturated heterocycles. The summed E-state index contributed by atoms with van der Waals surface area (Å²) >= 11 is 6.30. The molecule has 2 aliphatic rings. The molecule has 1 aromatic carbocycles. The third-order valence-corrected chi connectivity index (χ3v) is 5.46. The molecule has 2 atom stereocenters. The van der Waals surface area contributed by atoms with E-state index in [0.29, 0.717) is 21.9 Å². The molecule has 0 bridgehead atoms. The SMILES string of the molecule is CC(C(=O)N(C)CC#N)N1CC2=C(C1=O)C(c1ccccc1Cl)NC(=O)N2C. The molecule has 8 nitrogen and oxygen atoms in total. The molecular formula is C19H20ClN5O3.